The zero-order chi connectivity index (χ0) is 18.9. The number of non-ortho nitro benzene ring substituents is 1. The lowest BCUT2D eigenvalue weighted by atomic mass is 9.91. The molecular weight excluding hydrogens is 484 g/mol. The highest BCUT2D eigenvalue weighted by Crippen LogP contribution is 2.30. The fourth-order valence-corrected chi connectivity index (χ4v) is 4.10. The average Bonchev–Trinajstić information content (AvgIpc) is 2.58. The molecule has 0 saturated heterocycles. The van der Waals surface area contributed by atoms with Gasteiger partial charge in [0.25, 0.3) is 5.69 Å². The Morgan fingerprint density at radius 2 is 1.84 bits per heavy atom. The van der Waals surface area contributed by atoms with E-state index in [4.69, 9.17) is 4.28 Å². The van der Waals surface area contributed by atoms with E-state index in [9.17, 15) is 23.3 Å². The van der Waals surface area contributed by atoms with Crippen LogP contribution < -0.4 is 0 Å². The molecule has 2 unspecified atom stereocenters. The number of nitrogens with zero attached hydrogens (tertiary/aromatic N) is 2. The molecule has 0 saturated carbocycles. The molecule has 11 heteroatoms. The maximum absolute atomic E-state index is 12.2. The number of rotatable bonds is 4. The summed E-state index contributed by atoms with van der Waals surface area (Å²) < 4.78 is 29.2. The minimum Gasteiger partial charge on any atom is -0.293 e. The van der Waals surface area contributed by atoms with Gasteiger partial charge >= 0.3 is 10.1 Å². The van der Waals surface area contributed by atoms with E-state index < -0.39 is 29.6 Å². The Labute approximate surface area is 160 Å². The van der Waals surface area contributed by atoms with Crippen molar-refractivity contribution < 1.29 is 22.4 Å². The summed E-state index contributed by atoms with van der Waals surface area (Å²) in [6.45, 7) is 3.23. The smallest absolute Gasteiger partial charge is 0.293 e. The van der Waals surface area contributed by atoms with E-state index in [2.05, 4.69) is 37.0 Å². The van der Waals surface area contributed by atoms with Crippen molar-refractivity contribution in [2.24, 2.45) is 5.16 Å². The number of hydrogen-bond acceptors (Lipinski definition) is 7. The number of nitro benzene ring substituents is 1. The molecule has 8 nitrogen and oxygen atoms in total. The van der Waals surface area contributed by atoms with E-state index in [0.717, 1.165) is 12.1 Å². The van der Waals surface area contributed by atoms with Crippen LogP contribution in [0.5, 0.6) is 0 Å². The van der Waals surface area contributed by atoms with Gasteiger partial charge in [-0.25, -0.2) is 0 Å². The first-order valence-corrected chi connectivity index (χ1v) is 10.1. The quantitative estimate of drug-likeness (QED) is 0.360. The summed E-state index contributed by atoms with van der Waals surface area (Å²) in [5, 5.41) is 14.4. The summed E-state index contributed by atoms with van der Waals surface area (Å²) in [5.74, 6) is -0.139. The van der Waals surface area contributed by atoms with Crippen LogP contribution >= 0.6 is 31.9 Å². The standard InChI is InChI=1S/C14H12Br2N2O6S/c1-7-8(2)14(19)12(16)11(15)13(7)17-24-25(22,23)10-5-3-4-9(6-10)18(20)21/h3-6,11-12H,1-2H3/b17-13-. The van der Waals surface area contributed by atoms with E-state index in [1.807, 2.05) is 0 Å². The van der Waals surface area contributed by atoms with Gasteiger partial charge in [0.15, 0.2) is 5.78 Å². The fourth-order valence-electron chi connectivity index (χ4n) is 2.07. The second-order valence-electron chi connectivity index (χ2n) is 5.18. The number of benzene rings is 1. The van der Waals surface area contributed by atoms with Crippen LogP contribution in [0.25, 0.3) is 0 Å². The molecule has 25 heavy (non-hydrogen) atoms. The number of alkyl halides is 2. The highest BCUT2D eigenvalue weighted by molar-refractivity contribution is 9.12. The van der Waals surface area contributed by atoms with Crippen LogP contribution in [0.15, 0.2) is 45.5 Å². The van der Waals surface area contributed by atoms with Crippen LogP contribution in [-0.2, 0) is 19.2 Å². The molecule has 0 radical (unpaired) electrons. The topological polar surface area (TPSA) is 116 Å². The number of allylic oxidation sites excluding steroid dienone is 2. The first-order chi connectivity index (χ1) is 11.6. The van der Waals surface area contributed by atoms with Crippen molar-refractivity contribution in [1.82, 2.24) is 0 Å². The second-order valence-corrected chi connectivity index (χ2v) is 8.68. The third kappa shape index (κ3) is 3.98. The van der Waals surface area contributed by atoms with Crippen LogP contribution in [0, 0.1) is 10.1 Å². The predicted octanol–water partition coefficient (Wildman–Crippen LogP) is 3.10. The summed E-state index contributed by atoms with van der Waals surface area (Å²) in [6, 6.07) is 4.45. The molecule has 0 bridgehead atoms. The Hall–Kier alpha value is -1.59. The van der Waals surface area contributed by atoms with E-state index >= 15 is 0 Å². The van der Waals surface area contributed by atoms with Gasteiger partial charge in [-0.2, -0.15) is 8.42 Å². The molecule has 0 spiro atoms. The SMILES string of the molecule is CC1=C(C)/C(=N/OS(=O)(=O)c2cccc([N+](=O)[O-])c2)C(Br)C(Br)C1=O. The van der Waals surface area contributed by atoms with Gasteiger partial charge in [0.2, 0.25) is 0 Å². The van der Waals surface area contributed by atoms with Gasteiger partial charge in [0.05, 0.1) is 20.3 Å². The number of hydrogen-bond donors (Lipinski definition) is 0. The van der Waals surface area contributed by atoms with Gasteiger partial charge in [-0.05, 0) is 31.1 Å². The molecule has 0 aromatic heterocycles. The van der Waals surface area contributed by atoms with Crippen LogP contribution in [0.2, 0.25) is 0 Å². The molecule has 0 N–H and O–H groups in total. The molecule has 0 fully saturated rings. The Bertz CT molecular complexity index is 910. The van der Waals surface area contributed by atoms with Gasteiger partial charge in [0.1, 0.15) is 4.90 Å². The van der Waals surface area contributed by atoms with Crippen molar-refractivity contribution in [1.29, 1.82) is 0 Å². The minimum atomic E-state index is -4.35. The number of halogens is 2. The number of carbonyl (C=O) groups excluding carboxylic acids is 1. The lowest BCUT2D eigenvalue weighted by molar-refractivity contribution is -0.385. The van der Waals surface area contributed by atoms with Crippen LogP contribution in [0.1, 0.15) is 13.8 Å². The van der Waals surface area contributed by atoms with Gasteiger partial charge in [-0.15, -0.1) is 0 Å². The normalized spacial score (nSPS) is 23.0. The Morgan fingerprint density at radius 3 is 2.44 bits per heavy atom. The molecule has 1 aliphatic carbocycles. The second kappa shape index (κ2) is 7.34. The lowest BCUT2D eigenvalue weighted by Gasteiger charge is -2.25. The number of oxime groups is 1. The van der Waals surface area contributed by atoms with Crippen LogP contribution in [0.3, 0.4) is 0 Å². The van der Waals surface area contributed by atoms with Crippen molar-refractivity contribution in [3.05, 3.63) is 45.5 Å². The minimum absolute atomic E-state index is 0.139. The Morgan fingerprint density at radius 1 is 1.20 bits per heavy atom. The van der Waals surface area contributed by atoms with Gasteiger partial charge in [-0.3, -0.25) is 19.2 Å². The fraction of sp³-hybridized carbons (Fsp3) is 0.286. The van der Waals surface area contributed by atoms with Crippen molar-refractivity contribution in [2.75, 3.05) is 0 Å². The van der Waals surface area contributed by atoms with E-state index in [1.54, 1.807) is 13.8 Å². The Kier molecular flexibility index (Phi) is 5.79. The van der Waals surface area contributed by atoms with Gasteiger partial charge in [0, 0.05) is 12.1 Å². The summed E-state index contributed by atoms with van der Waals surface area (Å²) in [7, 11) is -4.35. The molecule has 0 aliphatic heterocycles. The first kappa shape index (κ1) is 19.7. The number of Topliss-reactive ketones (excluding diaryl/α,β-unsaturated/α-hetero) is 1. The largest absolute Gasteiger partial charge is 0.358 e. The molecule has 2 rings (SSSR count). The molecule has 0 amide bonds. The van der Waals surface area contributed by atoms with Gasteiger partial charge < -0.3 is 0 Å². The molecule has 0 heterocycles. The predicted molar refractivity (Wildman–Crippen MR) is 97.6 cm³/mol. The number of carbonyl (C=O) groups is 1. The first-order valence-electron chi connectivity index (χ1n) is 6.82. The molecule has 1 aliphatic rings. The number of ketones is 1. The maximum atomic E-state index is 12.2. The number of nitro groups is 1. The Balaban J connectivity index is 2.38. The summed E-state index contributed by atoms with van der Waals surface area (Å²) >= 11 is 6.51. The highest BCUT2D eigenvalue weighted by Gasteiger charge is 2.36. The lowest BCUT2D eigenvalue weighted by Crippen LogP contribution is -2.38. The molecule has 1 aromatic rings. The van der Waals surface area contributed by atoms with Gasteiger partial charge in [-0.1, -0.05) is 43.1 Å². The molecule has 2 atom stereocenters. The monoisotopic (exact) mass is 494 g/mol. The summed E-state index contributed by atoms with van der Waals surface area (Å²) in [5.41, 5.74) is 0.795. The van der Waals surface area contributed by atoms with Crippen molar-refractivity contribution in [3.8, 4) is 0 Å². The zero-order valence-corrected chi connectivity index (χ0v) is 17.0. The van der Waals surface area contributed by atoms with E-state index in [-0.39, 0.29) is 17.2 Å². The zero-order valence-electron chi connectivity index (χ0n) is 13.0. The van der Waals surface area contributed by atoms with Crippen LogP contribution in [0.4, 0.5) is 5.69 Å². The average molecular weight is 496 g/mol. The summed E-state index contributed by atoms with van der Waals surface area (Å²) in [6.07, 6.45) is 0. The van der Waals surface area contributed by atoms with Crippen molar-refractivity contribution >= 4 is 59.2 Å². The van der Waals surface area contributed by atoms with E-state index in [0.29, 0.717) is 11.1 Å². The molecular formula is C14H12Br2N2O6S. The third-order valence-electron chi connectivity index (χ3n) is 3.64. The summed E-state index contributed by atoms with van der Waals surface area (Å²) in [4.78, 5) is 20.5. The molecule has 134 valence electrons. The maximum Gasteiger partial charge on any atom is 0.358 e. The van der Waals surface area contributed by atoms with Crippen molar-refractivity contribution in [2.45, 2.75) is 28.4 Å². The van der Waals surface area contributed by atoms with Crippen molar-refractivity contribution in [3.63, 3.8) is 0 Å². The molecule has 1 aromatic carbocycles. The van der Waals surface area contributed by atoms with Crippen LogP contribution in [-0.4, -0.2) is 34.5 Å². The van der Waals surface area contributed by atoms with E-state index in [1.165, 1.54) is 12.1 Å². The highest BCUT2D eigenvalue weighted by atomic mass is 79.9. The third-order valence-corrected chi connectivity index (χ3v) is 7.35.